The third-order valence-corrected chi connectivity index (χ3v) is 5.96. The first kappa shape index (κ1) is 16.7. The molecule has 4 nitrogen and oxygen atoms in total. The number of halogens is 1. The molecular weight excluding hydrogens is 370 g/mol. The predicted molar refractivity (Wildman–Crippen MR) is 105 cm³/mol. The lowest BCUT2D eigenvalue weighted by Gasteiger charge is -2.14. The normalized spacial score (nSPS) is 11.7. The van der Waals surface area contributed by atoms with Crippen LogP contribution in [0.4, 0.5) is 5.69 Å². The number of phenolic OH excluding ortho intramolecular Hbond substituents is 1. The van der Waals surface area contributed by atoms with Crippen LogP contribution in [0.1, 0.15) is 0 Å². The van der Waals surface area contributed by atoms with Crippen molar-refractivity contribution in [3.05, 3.63) is 77.8 Å². The molecule has 4 aromatic carbocycles. The van der Waals surface area contributed by atoms with Crippen molar-refractivity contribution in [1.82, 2.24) is 0 Å². The second-order valence-electron chi connectivity index (χ2n) is 5.88. The molecule has 6 heteroatoms. The van der Waals surface area contributed by atoms with Gasteiger partial charge in [0.25, 0.3) is 10.0 Å². The van der Waals surface area contributed by atoms with Gasteiger partial charge in [-0.3, -0.25) is 4.72 Å². The third kappa shape index (κ3) is 2.75. The van der Waals surface area contributed by atoms with Crippen LogP contribution in [0.3, 0.4) is 0 Å². The van der Waals surface area contributed by atoms with E-state index in [1.807, 2.05) is 18.2 Å². The molecule has 0 saturated heterocycles. The lowest BCUT2D eigenvalue weighted by atomic mass is 10.1. The minimum atomic E-state index is -3.85. The van der Waals surface area contributed by atoms with E-state index < -0.39 is 10.0 Å². The largest absolute Gasteiger partial charge is 0.506 e. The third-order valence-electron chi connectivity index (χ3n) is 4.25. The minimum absolute atomic E-state index is 0.0737. The first-order chi connectivity index (χ1) is 12.5. The van der Waals surface area contributed by atoms with Crippen LogP contribution in [0.5, 0.6) is 5.75 Å². The number of hydrogen-bond donors (Lipinski definition) is 2. The maximum Gasteiger partial charge on any atom is 0.262 e. The average molecular weight is 384 g/mol. The molecule has 0 aliphatic carbocycles. The van der Waals surface area contributed by atoms with Gasteiger partial charge in [-0.15, -0.1) is 0 Å². The van der Waals surface area contributed by atoms with Crippen molar-refractivity contribution < 1.29 is 13.5 Å². The van der Waals surface area contributed by atoms with E-state index in [0.717, 1.165) is 5.39 Å². The molecule has 0 unspecified atom stereocenters. The van der Waals surface area contributed by atoms with Gasteiger partial charge in [0.2, 0.25) is 0 Å². The lowest BCUT2D eigenvalue weighted by molar-refractivity contribution is 0.482. The lowest BCUT2D eigenvalue weighted by Crippen LogP contribution is -2.13. The Morgan fingerprint density at radius 1 is 0.808 bits per heavy atom. The van der Waals surface area contributed by atoms with Gasteiger partial charge in [0.05, 0.1) is 15.6 Å². The summed E-state index contributed by atoms with van der Waals surface area (Å²) in [5, 5.41) is 12.7. The van der Waals surface area contributed by atoms with Crippen molar-refractivity contribution in [2.75, 3.05) is 4.72 Å². The summed E-state index contributed by atoms with van der Waals surface area (Å²) >= 11 is 6.08. The fraction of sp³-hybridized carbons (Fsp3) is 0. The predicted octanol–water partition coefficient (Wildman–Crippen LogP) is 5.15. The van der Waals surface area contributed by atoms with E-state index in [-0.39, 0.29) is 15.7 Å². The Morgan fingerprint density at radius 3 is 2.19 bits per heavy atom. The highest BCUT2D eigenvalue weighted by Gasteiger charge is 2.20. The van der Waals surface area contributed by atoms with Gasteiger partial charge in [0.15, 0.2) is 0 Å². The molecule has 26 heavy (non-hydrogen) atoms. The van der Waals surface area contributed by atoms with E-state index in [0.29, 0.717) is 21.8 Å². The maximum absolute atomic E-state index is 13.0. The van der Waals surface area contributed by atoms with Crippen molar-refractivity contribution >= 4 is 48.9 Å². The smallest absolute Gasteiger partial charge is 0.262 e. The second-order valence-corrected chi connectivity index (χ2v) is 7.94. The van der Waals surface area contributed by atoms with Gasteiger partial charge in [-0.05, 0) is 17.5 Å². The van der Waals surface area contributed by atoms with Gasteiger partial charge in [-0.25, -0.2) is 8.42 Å². The molecule has 0 fully saturated rings. The molecule has 0 amide bonds. The van der Waals surface area contributed by atoms with E-state index in [1.165, 1.54) is 6.07 Å². The molecule has 0 aromatic heterocycles. The van der Waals surface area contributed by atoms with Crippen LogP contribution in [0.15, 0.2) is 77.7 Å². The number of aromatic hydroxyl groups is 1. The summed E-state index contributed by atoms with van der Waals surface area (Å²) in [4.78, 5) is 0.184. The second kappa shape index (κ2) is 6.20. The highest BCUT2D eigenvalue weighted by atomic mass is 35.5. The molecule has 0 aliphatic heterocycles. The minimum Gasteiger partial charge on any atom is -0.506 e. The van der Waals surface area contributed by atoms with Crippen molar-refractivity contribution in [3.8, 4) is 5.75 Å². The summed E-state index contributed by atoms with van der Waals surface area (Å²) in [6.07, 6.45) is 0. The van der Waals surface area contributed by atoms with Crippen LogP contribution in [-0.2, 0) is 10.0 Å². The van der Waals surface area contributed by atoms with Crippen LogP contribution in [-0.4, -0.2) is 13.5 Å². The number of rotatable bonds is 3. The average Bonchev–Trinajstić information content (AvgIpc) is 2.65. The summed E-state index contributed by atoms with van der Waals surface area (Å²) < 4.78 is 28.7. The molecule has 0 heterocycles. The van der Waals surface area contributed by atoms with E-state index >= 15 is 0 Å². The molecule has 0 spiro atoms. The molecule has 4 aromatic rings. The molecular formula is C20H14ClNO3S. The fourth-order valence-corrected chi connectivity index (χ4v) is 4.55. The zero-order valence-corrected chi connectivity index (χ0v) is 15.1. The maximum atomic E-state index is 13.0. The molecule has 130 valence electrons. The number of fused-ring (bicyclic) bond motifs is 2. The fourth-order valence-electron chi connectivity index (χ4n) is 3.04. The number of anilines is 1. The summed E-state index contributed by atoms with van der Waals surface area (Å²) in [5.74, 6) is -0.0737. The molecule has 2 N–H and O–H groups in total. The SMILES string of the molecule is O=S(=O)(Nc1cc(Cl)c(O)c2ccccc12)c1cccc2ccccc12. The first-order valence-corrected chi connectivity index (χ1v) is 9.74. The number of sulfonamides is 1. The Balaban J connectivity index is 1.89. The standard InChI is InChI=1S/C20H14ClNO3S/c21-17-12-18(15-9-3-4-10-16(15)20(17)23)22-26(24,25)19-11-5-7-13-6-1-2-8-14(13)19/h1-12,22-23H. The molecule has 0 bridgehead atoms. The van der Waals surface area contributed by atoms with Crippen molar-refractivity contribution in [1.29, 1.82) is 0 Å². The highest BCUT2D eigenvalue weighted by molar-refractivity contribution is 7.93. The van der Waals surface area contributed by atoms with Gasteiger partial charge in [0.1, 0.15) is 5.75 Å². The van der Waals surface area contributed by atoms with E-state index in [1.54, 1.807) is 48.5 Å². The first-order valence-electron chi connectivity index (χ1n) is 7.88. The van der Waals surface area contributed by atoms with E-state index in [4.69, 9.17) is 11.6 Å². The Morgan fingerprint density at radius 2 is 1.42 bits per heavy atom. The zero-order valence-electron chi connectivity index (χ0n) is 13.5. The van der Waals surface area contributed by atoms with Gasteiger partial charge >= 0.3 is 0 Å². The topological polar surface area (TPSA) is 66.4 Å². The summed E-state index contributed by atoms with van der Waals surface area (Å²) in [6.45, 7) is 0. The Hall–Kier alpha value is -2.76. The summed E-state index contributed by atoms with van der Waals surface area (Å²) in [7, 11) is -3.85. The zero-order chi connectivity index (χ0) is 18.3. The molecule has 0 radical (unpaired) electrons. The van der Waals surface area contributed by atoms with Crippen LogP contribution in [0.2, 0.25) is 5.02 Å². The Labute approximate surface area is 155 Å². The molecule has 0 saturated carbocycles. The molecule has 0 aliphatic rings. The van der Waals surface area contributed by atoms with Gasteiger partial charge in [0, 0.05) is 16.2 Å². The van der Waals surface area contributed by atoms with Crippen LogP contribution in [0.25, 0.3) is 21.5 Å². The quantitative estimate of drug-likeness (QED) is 0.480. The summed E-state index contributed by atoms with van der Waals surface area (Å²) in [6, 6.07) is 20.8. The van der Waals surface area contributed by atoms with Crippen LogP contribution >= 0.6 is 11.6 Å². The number of phenols is 1. The van der Waals surface area contributed by atoms with Crippen LogP contribution < -0.4 is 4.72 Å². The highest BCUT2D eigenvalue weighted by Crippen LogP contribution is 2.38. The van der Waals surface area contributed by atoms with Crippen molar-refractivity contribution in [2.24, 2.45) is 0 Å². The number of benzene rings is 4. The Bertz CT molecular complexity index is 1250. The van der Waals surface area contributed by atoms with Gasteiger partial charge in [-0.2, -0.15) is 0 Å². The van der Waals surface area contributed by atoms with Crippen molar-refractivity contribution in [3.63, 3.8) is 0 Å². The number of nitrogens with one attached hydrogen (secondary N) is 1. The summed E-state index contributed by atoms with van der Waals surface area (Å²) in [5.41, 5.74) is 0.316. The molecule has 4 rings (SSSR count). The molecule has 0 atom stereocenters. The number of hydrogen-bond acceptors (Lipinski definition) is 3. The van der Waals surface area contributed by atoms with Gasteiger partial charge in [-0.1, -0.05) is 72.3 Å². The van der Waals surface area contributed by atoms with Gasteiger partial charge < -0.3 is 5.11 Å². The van der Waals surface area contributed by atoms with E-state index in [2.05, 4.69) is 4.72 Å². The van der Waals surface area contributed by atoms with Crippen molar-refractivity contribution in [2.45, 2.75) is 4.90 Å². The van der Waals surface area contributed by atoms with Crippen LogP contribution in [0, 0.1) is 0 Å². The Kier molecular flexibility index (Phi) is 3.98. The van der Waals surface area contributed by atoms with E-state index in [9.17, 15) is 13.5 Å². The monoisotopic (exact) mass is 383 g/mol.